The van der Waals surface area contributed by atoms with E-state index in [9.17, 15) is 32.3 Å². The maximum atomic E-state index is 13.7. The van der Waals surface area contributed by atoms with Crippen LogP contribution in [0, 0.1) is 17.8 Å². The Balaban J connectivity index is 1.41. The number of halogens is 4. The number of carbonyl (C=O) groups is 4. The van der Waals surface area contributed by atoms with Gasteiger partial charge in [-0.05, 0) is 62.1 Å². The lowest BCUT2D eigenvalue weighted by atomic mass is 9.91. The van der Waals surface area contributed by atoms with E-state index in [1.54, 1.807) is 6.92 Å². The lowest BCUT2D eigenvalue weighted by molar-refractivity contribution is -0.137. The molecule has 2 N–H and O–H groups in total. The third-order valence-corrected chi connectivity index (χ3v) is 8.98. The van der Waals surface area contributed by atoms with Crippen LogP contribution in [0.25, 0.3) is 10.9 Å². The van der Waals surface area contributed by atoms with Crippen LogP contribution in [0.15, 0.2) is 18.2 Å². The molecule has 0 radical (unpaired) electrons. The van der Waals surface area contributed by atoms with Gasteiger partial charge in [0.1, 0.15) is 17.5 Å². The number of aromatic nitrogens is 1. The number of Topliss-reactive ketones (excluding diaryl/α,β-unsaturated/α-hetero) is 2. The van der Waals surface area contributed by atoms with Crippen LogP contribution in [0.2, 0.25) is 5.02 Å². The summed E-state index contributed by atoms with van der Waals surface area (Å²) in [5, 5.41) is 3.02. The molecule has 1 aromatic carbocycles. The molecule has 3 fully saturated rings. The maximum Gasteiger partial charge on any atom is 0.416 e. The molecule has 2 aliphatic carbocycles. The number of aromatic amines is 1. The quantitative estimate of drug-likeness (QED) is 0.476. The van der Waals surface area contributed by atoms with Gasteiger partial charge in [-0.3, -0.25) is 19.2 Å². The Kier molecular flexibility index (Phi) is 7.52. The summed E-state index contributed by atoms with van der Waals surface area (Å²) < 4.78 is 39.8. The van der Waals surface area contributed by atoms with Gasteiger partial charge in [-0.1, -0.05) is 24.9 Å². The first-order chi connectivity index (χ1) is 18.5. The predicted octanol–water partition coefficient (Wildman–Crippen LogP) is 5.30. The molecule has 2 amide bonds. The highest BCUT2D eigenvalue weighted by molar-refractivity contribution is 6.35. The molecule has 0 unspecified atom stereocenters. The fourth-order valence-corrected chi connectivity index (χ4v) is 6.95. The van der Waals surface area contributed by atoms with E-state index in [2.05, 4.69) is 10.3 Å². The van der Waals surface area contributed by atoms with Crippen LogP contribution in [0.5, 0.6) is 0 Å². The van der Waals surface area contributed by atoms with Crippen molar-refractivity contribution in [3.05, 3.63) is 34.5 Å². The Morgan fingerprint density at radius 2 is 1.92 bits per heavy atom. The second-order valence-electron chi connectivity index (χ2n) is 11.0. The number of nitrogens with one attached hydrogen (secondary N) is 2. The number of hydrogen-bond donors (Lipinski definition) is 2. The molecule has 210 valence electrons. The summed E-state index contributed by atoms with van der Waals surface area (Å²) in [5.41, 5.74) is -0.809. The number of hydrogen-bond acceptors (Lipinski definition) is 4. The van der Waals surface area contributed by atoms with Crippen molar-refractivity contribution < 1.29 is 32.3 Å². The Bertz CT molecular complexity index is 1320. The van der Waals surface area contributed by atoms with Crippen molar-refractivity contribution >= 4 is 45.9 Å². The van der Waals surface area contributed by atoms with E-state index >= 15 is 0 Å². The molecular formula is C28H31ClF3N3O4. The minimum Gasteiger partial charge on any atom is -0.350 e. The van der Waals surface area contributed by atoms with Crippen LogP contribution in [0.4, 0.5) is 13.2 Å². The van der Waals surface area contributed by atoms with E-state index in [1.807, 2.05) is 0 Å². The summed E-state index contributed by atoms with van der Waals surface area (Å²) in [6, 6.07) is 1.52. The molecule has 1 aliphatic heterocycles. The van der Waals surface area contributed by atoms with Gasteiger partial charge in [0, 0.05) is 36.2 Å². The van der Waals surface area contributed by atoms with E-state index in [4.69, 9.17) is 11.6 Å². The van der Waals surface area contributed by atoms with Gasteiger partial charge < -0.3 is 15.2 Å². The highest BCUT2D eigenvalue weighted by Crippen LogP contribution is 2.43. The molecule has 3 aliphatic rings. The van der Waals surface area contributed by atoms with Crippen molar-refractivity contribution in [1.29, 1.82) is 0 Å². The largest absolute Gasteiger partial charge is 0.416 e. The number of carbonyl (C=O) groups excluding carboxylic acids is 4. The van der Waals surface area contributed by atoms with Gasteiger partial charge >= 0.3 is 6.18 Å². The minimum atomic E-state index is -4.60. The molecule has 1 saturated heterocycles. The first kappa shape index (κ1) is 27.7. The summed E-state index contributed by atoms with van der Waals surface area (Å²) in [6.07, 6.45) is 0.370. The Labute approximate surface area is 228 Å². The van der Waals surface area contributed by atoms with Gasteiger partial charge in [-0.2, -0.15) is 13.2 Å². The number of alkyl halides is 3. The lowest BCUT2D eigenvalue weighted by Crippen LogP contribution is -2.53. The molecule has 2 heterocycles. The third kappa shape index (κ3) is 5.32. The minimum absolute atomic E-state index is 0.0433. The van der Waals surface area contributed by atoms with Gasteiger partial charge in [0.05, 0.1) is 16.6 Å². The molecule has 2 aromatic rings. The normalized spacial score (nSPS) is 25.8. The van der Waals surface area contributed by atoms with Gasteiger partial charge in [0.2, 0.25) is 5.91 Å². The number of amides is 2. The van der Waals surface area contributed by atoms with Crippen molar-refractivity contribution in [3.8, 4) is 0 Å². The molecule has 11 heteroatoms. The predicted molar refractivity (Wildman–Crippen MR) is 138 cm³/mol. The fraction of sp³-hybridized carbons (Fsp3) is 0.571. The second kappa shape index (κ2) is 10.6. The number of benzene rings is 1. The molecule has 0 bridgehead atoms. The first-order valence-corrected chi connectivity index (χ1v) is 13.9. The van der Waals surface area contributed by atoms with Crippen molar-refractivity contribution in [3.63, 3.8) is 0 Å². The molecule has 5 atom stereocenters. The summed E-state index contributed by atoms with van der Waals surface area (Å²) in [7, 11) is 0. The molecule has 5 rings (SSSR count). The lowest BCUT2D eigenvalue weighted by Gasteiger charge is -2.29. The summed E-state index contributed by atoms with van der Waals surface area (Å²) in [6.45, 7) is 2.05. The smallest absolute Gasteiger partial charge is 0.350 e. The number of likely N-dealkylation sites (tertiary alicyclic amines) is 1. The SMILES string of the molecule is CCC(=O)[C@H](C[C@@H]1CCCC1=O)NC(=O)[C@@H]1[C@H]2CCC[C@H]2CN1C(=O)c1cc2c(Cl)cc(C(F)(F)F)cc2[nH]1. The van der Waals surface area contributed by atoms with E-state index in [1.165, 1.54) is 11.0 Å². The monoisotopic (exact) mass is 565 g/mol. The standard InChI is InChI=1S/C28H31ClF3N3O4/c1-2-23(36)21(9-14-5-4-8-24(14)37)34-26(38)25-17-7-3-6-15(17)13-35(25)27(39)22-12-18-19(29)10-16(28(30,31)32)11-20(18)33-22/h10-12,14-15,17,21,25,33H,2-9,13H2,1H3,(H,34,38)/t14-,15-,17-,21-,25-/m0/s1. The van der Waals surface area contributed by atoms with Gasteiger partial charge in [-0.15, -0.1) is 0 Å². The van der Waals surface area contributed by atoms with Crippen LogP contribution in [0.3, 0.4) is 0 Å². The van der Waals surface area contributed by atoms with Gasteiger partial charge in [-0.25, -0.2) is 0 Å². The zero-order valence-electron chi connectivity index (χ0n) is 21.6. The number of fused-ring (bicyclic) bond motifs is 2. The Morgan fingerprint density at radius 1 is 1.15 bits per heavy atom. The molecule has 7 nitrogen and oxygen atoms in total. The van der Waals surface area contributed by atoms with E-state index < -0.39 is 35.6 Å². The average molecular weight is 566 g/mol. The summed E-state index contributed by atoms with van der Waals surface area (Å²) in [5.74, 6) is -1.21. The molecule has 0 spiro atoms. The topological polar surface area (TPSA) is 99.3 Å². The third-order valence-electron chi connectivity index (χ3n) is 8.67. The van der Waals surface area contributed by atoms with Crippen molar-refractivity contribution in [2.45, 2.75) is 76.6 Å². The van der Waals surface area contributed by atoms with Crippen LogP contribution >= 0.6 is 11.6 Å². The average Bonchev–Trinajstić information content (AvgIpc) is 3.66. The van der Waals surface area contributed by atoms with Crippen LogP contribution in [0.1, 0.15) is 74.3 Å². The molecule has 1 aromatic heterocycles. The second-order valence-corrected chi connectivity index (χ2v) is 11.4. The van der Waals surface area contributed by atoms with E-state index in [-0.39, 0.29) is 63.8 Å². The zero-order chi connectivity index (χ0) is 28.1. The highest BCUT2D eigenvalue weighted by Gasteiger charge is 2.50. The summed E-state index contributed by atoms with van der Waals surface area (Å²) in [4.78, 5) is 56.6. The first-order valence-electron chi connectivity index (χ1n) is 13.5. The van der Waals surface area contributed by atoms with Gasteiger partial charge in [0.15, 0.2) is 5.78 Å². The van der Waals surface area contributed by atoms with E-state index in [0.29, 0.717) is 19.4 Å². The van der Waals surface area contributed by atoms with Crippen molar-refractivity contribution in [1.82, 2.24) is 15.2 Å². The Hall–Kier alpha value is -2.88. The van der Waals surface area contributed by atoms with Crippen LogP contribution in [-0.4, -0.2) is 51.9 Å². The number of ketones is 2. The van der Waals surface area contributed by atoms with E-state index in [0.717, 1.165) is 37.8 Å². The fourth-order valence-electron chi connectivity index (χ4n) is 6.67. The zero-order valence-corrected chi connectivity index (χ0v) is 22.3. The molecule has 39 heavy (non-hydrogen) atoms. The summed E-state index contributed by atoms with van der Waals surface area (Å²) >= 11 is 6.12. The number of nitrogens with zero attached hydrogens (tertiary/aromatic N) is 1. The molecule has 2 saturated carbocycles. The molecular weight excluding hydrogens is 535 g/mol. The van der Waals surface area contributed by atoms with Crippen LogP contribution < -0.4 is 5.32 Å². The van der Waals surface area contributed by atoms with Gasteiger partial charge in [0.25, 0.3) is 5.91 Å². The Morgan fingerprint density at radius 3 is 2.59 bits per heavy atom. The number of rotatable bonds is 7. The number of H-pyrrole nitrogens is 1. The highest BCUT2D eigenvalue weighted by atomic mass is 35.5. The van der Waals surface area contributed by atoms with Crippen molar-refractivity contribution in [2.75, 3.05) is 6.54 Å². The maximum absolute atomic E-state index is 13.7. The van der Waals surface area contributed by atoms with Crippen LogP contribution in [-0.2, 0) is 20.6 Å². The van der Waals surface area contributed by atoms with Crippen molar-refractivity contribution in [2.24, 2.45) is 17.8 Å².